The van der Waals surface area contributed by atoms with Crippen LogP contribution in [0.5, 0.6) is 0 Å². The van der Waals surface area contributed by atoms with Crippen molar-refractivity contribution in [1.29, 1.82) is 0 Å². The average molecular weight is 332 g/mol. The predicted molar refractivity (Wildman–Crippen MR) is 65.4 cm³/mol. The van der Waals surface area contributed by atoms with E-state index in [0.717, 1.165) is 0 Å². The molecule has 1 heterocycles. The van der Waals surface area contributed by atoms with Crippen molar-refractivity contribution in [2.75, 3.05) is 13.1 Å². The van der Waals surface area contributed by atoms with Gasteiger partial charge in [-0.15, -0.1) is 0 Å². The zero-order valence-electron chi connectivity index (χ0n) is 12.3. The number of nitrogens with zero attached hydrogens (tertiary/aromatic N) is 1. The molecule has 2 amide bonds. The first kappa shape index (κ1) is 18.4. The number of hydrogen-bond acceptors (Lipinski definition) is 3. The number of carbonyl (C=O) groups is 2. The van der Waals surface area contributed by atoms with Crippen LogP contribution in [0.15, 0.2) is 0 Å². The number of ether oxygens (including phenoxy) is 1. The Hall–Kier alpha value is -1.61. The molecule has 1 atom stereocenters. The van der Waals surface area contributed by atoms with Crippen LogP contribution >= 0.6 is 0 Å². The molecule has 1 saturated heterocycles. The number of alkyl halides is 5. The van der Waals surface area contributed by atoms with Gasteiger partial charge in [-0.1, -0.05) is 0 Å². The molecule has 128 valence electrons. The molecule has 0 aromatic heterocycles. The van der Waals surface area contributed by atoms with Gasteiger partial charge in [-0.25, -0.2) is 13.6 Å². The summed E-state index contributed by atoms with van der Waals surface area (Å²) in [6.07, 6.45) is -6.72. The molecule has 0 aromatic rings. The minimum Gasteiger partial charge on any atom is -0.444 e. The number of piperidine rings is 1. The number of hydrogen-bond donors (Lipinski definition) is 1. The minimum absolute atomic E-state index is 0.243. The highest BCUT2D eigenvalue weighted by atomic mass is 19.4. The normalized spacial score (nSPS) is 22.2. The highest BCUT2D eigenvalue weighted by Crippen LogP contribution is 2.29. The number of likely N-dealkylation sites (tertiary alicyclic amines) is 1. The van der Waals surface area contributed by atoms with Crippen LogP contribution in [0, 0.1) is 0 Å². The molecule has 5 nitrogen and oxygen atoms in total. The molecule has 0 spiro atoms. The Morgan fingerprint density at radius 2 is 1.77 bits per heavy atom. The second-order valence-corrected chi connectivity index (χ2v) is 5.98. The summed E-state index contributed by atoms with van der Waals surface area (Å²) >= 11 is 0. The van der Waals surface area contributed by atoms with Crippen LogP contribution in [-0.2, 0) is 9.53 Å². The molecule has 1 aliphatic heterocycles. The van der Waals surface area contributed by atoms with E-state index in [-0.39, 0.29) is 6.54 Å². The molecule has 0 aliphatic carbocycles. The fraction of sp³-hybridized carbons (Fsp3) is 0.833. The van der Waals surface area contributed by atoms with E-state index >= 15 is 0 Å². The van der Waals surface area contributed by atoms with Crippen LogP contribution in [0.3, 0.4) is 0 Å². The Bertz CT molecular complexity index is 445. The third-order valence-electron chi connectivity index (χ3n) is 2.81. The fourth-order valence-electron chi connectivity index (χ4n) is 1.84. The van der Waals surface area contributed by atoms with Crippen molar-refractivity contribution in [2.45, 2.75) is 50.9 Å². The Morgan fingerprint density at radius 1 is 1.23 bits per heavy atom. The van der Waals surface area contributed by atoms with Crippen molar-refractivity contribution < 1.29 is 36.3 Å². The second kappa shape index (κ2) is 5.88. The first-order valence-corrected chi connectivity index (χ1v) is 6.46. The van der Waals surface area contributed by atoms with E-state index in [0.29, 0.717) is 4.90 Å². The fourth-order valence-corrected chi connectivity index (χ4v) is 1.84. The van der Waals surface area contributed by atoms with Gasteiger partial charge in [0.1, 0.15) is 5.60 Å². The predicted octanol–water partition coefficient (Wildman–Crippen LogP) is 2.31. The molecule has 0 aromatic carbocycles. The molecule has 0 bridgehead atoms. The molecule has 10 heteroatoms. The zero-order valence-corrected chi connectivity index (χ0v) is 12.3. The summed E-state index contributed by atoms with van der Waals surface area (Å²) in [6, 6.07) is -1.99. The van der Waals surface area contributed by atoms with E-state index in [4.69, 9.17) is 4.74 Å². The van der Waals surface area contributed by atoms with Gasteiger partial charge in [0, 0.05) is 6.54 Å². The monoisotopic (exact) mass is 332 g/mol. The van der Waals surface area contributed by atoms with E-state index < -0.39 is 48.7 Å². The molecular formula is C12H17F5N2O3. The average Bonchev–Trinajstić information content (AvgIpc) is 2.27. The van der Waals surface area contributed by atoms with Gasteiger partial charge in [0.15, 0.2) is 0 Å². The summed E-state index contributed by atoms with van der Waals surface area (Å²) in [6.45, 7) is 3.30. The van der Waals surface area contributed by atoms with Crippen molar-refractivity contribution in [2.24, 2.45) is 0 Å². The van der Waals surface area contributed by atoms with Gasteiger partial charge >= 0.3 is 18.2 Å². The molecular weight excluding hydrogens is 315 g/mol. The van der Waals surface area contributed by atoms with E-state index in [1.807, 2.05) is 0 Å². The molecule has 1 N–H and O–H groups in total. The van der Waals surface area contributed by atoms with Crippen LogP contribution < -0.4 is 5.32 Å². The van der Waals surface area contributed by atoms with Crippen molar-refractivity contribution in [3.8, 4) is 0 Å². The smallest absolute Gasteiger partial charge is 0.444 e. The van der Waals surface area contributed by atoms with Crippen LogP contribution in [-0.4, -0.2) is 53.7 Å². The van der Waals surface area contributed by atoms with Gasteiger partial charge in [-0.3, -0.25) is 4.79 Å². The molecule has 1 rings (SSSR count). The summed E-state index contributed by atoms with van der Waals surface area (Å²) in [5.41, 5.74) is -0.881. The lowest BCUT2D eigenvalue weighted by Crippen LogP contribution is -2.61. The largest absolute Gasteiger partial charge is 0.471 e. The van der Waals surface area contributed by atoms with Crippen molar-refractivity contribution in [1.82, 2.24) is 10.2 Å². The lowest BCUT2D eigenvalue weighted by molar-refractivity contribution is -0.178. The van der Waals surface area contributed by atoms with E-state index in [1.54, 1.807) is 20.8 Å². The third kappa shape index (κ3) is 4.99. The highest BCUT2D eigenvalue weighted by molar-refractivity contribution is 5.82. The third-order valence-corrected chi connectivity index (χ3v) is 2.81. The number of nitrogens with one attached hydrogen (secondary N) is 1. The van der Waals surface area contributed by atoms with E-state index in [1.165, 1.54) is 5.32 Å². The topological polar surface area (TPSA) is 58.6 Å². The van der Waals surface area contributed by atoms with E-state index in [2.05, 4.69) is 0 Å². The number of halogens is 5. The SMILES string of the molecule is CC(C)(C)OC(=O)N1CC[C@@H](NC(=O)C(F)(F)F)C(F)(F)C1. The summed E-state index contributed by atoms with van der Waals surface area (Å²) in [7, 11) is 0. The quantitative estimate of drug-likeness (QED) is 0.750. The molecule has 0 unspecified atom stereocenters. The van der Waals surface area contributed by atoms with Gasteiger partial charge in [0.25, 0.3) is 5.92 Å². The maximum Gasteiger partial charge on any atom is 0.471 e. The molecule has 0 radical (unpaired) electrons. The van der Waals surface area contributed by atoms with Gasteiger partial charge in [-0.2, -0.15) is 13.2 Å². The standard InChI is InChI=1S/C12H17F5N2O3/c1-10(2,3)22-9(21)19-5-4-7(11(13,14)6-19)18-8(20)12(15,16)17/h7H,4-6H2,1-3H3,(H,18,20)/t7-/m1/s1. The molecule has 1 fully saturated rings. The van der Waals surface area contributed by atoms with Gasteiger partial charge in [0.2, 0.25) is 0 Å². The van der Waals surface area contributed by atoms with Crippen LogP contribution in [0.4, 0.5) is 26.7 Å². The van der Waals surface area contributed by atoms with Crippen molar-refractivity contribution >= 4 is 12.0 Å². The summed E-state index contributed by atoms with van der Waals surface area (Å²) < 4.78 is 68.9. The first-order chi connectivity index (χ1) is 9.72. The number of carbonyl (C=O) groups excluding carboxylic acids is 2. The van der Waals surface area contributed by atoms with Crippen LogP contribution in [0.2, 0.25) is 0 Å². The molecule has 22 heavy (non-hydrogen) atoms. The zero-order chi connectivity index (χ0) is 17.3. The van der Waals surface area contributed by atoms with Crippen LogP contribution in [0.1, 0.15) is 27.2 Å². The van der Waals surface area contributed by atoms with Gasteiger partial charge in [0.05, 0.1) is 12.6 Å². The Labute approximate surface area is 123 Å². The summed E-state index contributed by atoms with van der Waals surface area (Å²) in [5, 5.41) is 1.26. The minimum atomic E-state index is -5.24. The Morgan fingerprint density at radius 3 is 2.18 bits per heavy atom. The molecule has 0 saturated carbocycles. The number of rotatable bonds is 1. The highest BCUT2D eigenvalue weighted by Gasteiger charge is 2.50. The Balaban J connectivity index is 2.70. The van der Waals surface area contributed by atoms with Crippen LogP contribution in [0.25, 0.3) is 0 Å². The van der Waals surface area contributed by atoms with Gasteiger partial charge < -0.3 is 15.0 Å². The van der Waals surface area contributed by atoms with E-state index in [9.17, 15) is 31.5 Å². The summed E-state index contributed by atoms with van der Waals surface area (Å²) in [5.74, 6) is -6.11. The summed E-state index contributed by atoms with van der Waals surface area (Å²) in [4.78, 5) is 23.2. The maximum absolute atomic E-state index is 13.8. The van der Waals surface area contributed by atoms with Crippen molar-refractivity contribution in [3.05, 3.63) is 0 Å². The lowest BCUT2D eigenvalue weighted by atomic mass is 10.0. The maximum atomic E-state index is 13.8. The first-order valence-electron chi connectivity index (χ1n) is 6.46. The Kier molecular flexibility index (Phi) is 4.93. The van der Waals surface area contributed by atoms with Gasteiger partial charge in [-0.05, 0) is 27.2 Å². The number of amides is 2. The molecule has 1 aliphatic rings. The van der Waals surface area contributed by atoms with Crippen molar-refractivity contribution in [3.63, 3.8) is 0 Å². The lowest BCUT2D eigenvalue weighted by Gasteiger charge is -2.38. The second-order valence-electron chi connectivity index (χ2n) is 5.98.